The Morgan fingerprint density at radius 3 is 2.20 bits per heavy atom. The van der Waals surface area contributed by atoms with Crippen LogP contribution in [0.25, 0.3) is 0 Å². The standard InChI is InChI=1S/C19H31N/c1-4-15-20(5-2)16-14-19(12-6-7-13-19)18-10-8-17(3)9-11-18/h8-11H,4-7,12-16H2,1-3H3. The molecule has 0 aliphatic heterocycles. The molecule has 1 aromatic rings. The van der Waals surface area contributed by atoms with Crippen LogP contribution in [0.15, 0.2) is 24.3 Å². The molecule has 0 unspecified atom stereocenters. The van der Waals surface area contributed by atoms with Gasteiger partial charge in [0, 0.05) is 0 Å². The highest BCUT2D eigenvalue weighted by molar-refractivity contribution is 5.29. The van der Waals surface area contributed by atoms with E-state index in [0.717, 1.165) is 0 Å². The van der Waals surface area contributed by atoms with Gasteiger partial charge < -0.3 is 4.90 Å². The van der Waals surface area contributed by atoms with E-state index in [0.29, 0.717) is 5.41 Å². The average Bonchev–Trinajstić information content (AvgIpc) is 2.94. The zero-order valence-electron chi connectivity index (χ0n) is 13.6. The van der Waals surface area contributed by atoms with Crippen LogP contribution in [0.3, 0.4) is 0 Å². The Balaban J connectivity index is 2.07. The molecule has 0 saturated heterocycles. The van der Waals surface area contributed by atoms with Crippen LogP contribution in [-0.4, -0.2) is 24.5 Å². The van der Waals surface area contributed by atoms with E-state index < -0.39 is 0 Å². The minimum absolute atomic E-state index is 0.467. The molecule has 0 heterocycles. The van der Waals surface area contributed by atoms with Crippen molar-refractivity contribution in [3.8, 4) is 0 Å². The molecule has 0 radical (unpaired) electrons. The normalized spacial score (nSPS) is 17.8. The molecule has 2 rings (SSSR count). The molecule has 1 aliphatic carbocycles. The van der Waals surface area contributed by atoms with Gasteiger partial charge in [-0.25, -0.2) is 0 Å². The van der Waals surface area contributed by atoms with Crippen LogP contribution in [-0.2, 0) is 5.41 Å². The molecule has 1 aromatic carbocycles. The lowest BCUT2D eigenvalue weighted by Gasteiger charge is -2.32. The van der Waals surface area contributed by atoms with Gasteiger partial charge in [-0.1, -0.05) is 56.5 Å². The molecule has 0 amide bonds. The van der Waals surface area contributed by atoms with Gasteiger partial charge in [0.05, 0.1) is 0 Å². The number of rotatable bonds is 7. The molecule has 0 bridgehead atoms. The van der Waals surface area contributed by atoms with Gasteiger partial charge >= 0.3 is 0 Å². The smallest absolute Gasteiger partial charge is 0.00104 e. The molecular formula is C19H31N. The summed E-state index contributed by atoms with van der Waals surface area (Å²) < 4.78 is 0. The Bertz CT molecular complexity index is 387. The van der Waals surface area contributed by atoms with Crippen molar-refractivity contribution >= 4 is 0 Å². The number of nitrogens with zero attached hydrogens (tertiary/aromatic N) is 1. The summed E-state index contributed by atoms with van der Waals surface area (Å²) in [6.07, 6.45) is 8.20. The fraction of sp³-hybridized carbons (Fsp3) is 0.684. The van der Waals surface area contributed by atoms with Gasteiger partial charge in [0.2, 0.25) is 0 Å². The van der Waals surface area contributed by atoms with Crippen molar-refractivity contribution in [1.82, 2.24) is 4.90 Å². The molecule has 0 atom stereocenters. The third kappa shape index (κ3) is 3.63. The van der Waals surface area contributed by atoms with Crippen molar-refractivity contribution in [2.45, 2.75) is 64.7 Å². The first-order chi connectivity index (χ1) is 9.70. The number of benzene rings is 1. The first-order valence-electron chi connectivity index (χ1n) is 8.49. The summed E-state index contributed by atoms with van der Waals surface area (Å²) in [4.78, 5) is 2.62. The molecule has 0 N–H and O–H groups in total. The second kappa shape index (κ2) is 7.26. The molecule has 1 heteroatoms. The Kier molecular flexibility index (Phi) is 5.65. The summed E-state index contributed by atoms with van der Waals surface area (Å²) in [5.41, 5.74) is 3.44. The van der Waals surface area contributed by atoms with Gasteiger partial charge in [-0.05, 0) is 63.2 Å². The van der Waals surface area contributed by atoms with Crippen molar-refractivity contribution < 1.29 is 0 Å². The van der Waals surface area contributed by atoms with E-state index in [2.05, 4.69) is 49.9 Å². The third-order valence-electron chi connectivity index (χ3n) is 5.12. The van der Waals surface area contributed by atoms with E-state index in [1.54, 1.807) is 5.56 Å². The second-order valence-electron chi connectivity index (χ2n) is 6.54. The van der Waals surface area contributed by atoms with Crippen molar-refractivity contribution in [2.24, 2.45) is 0 Å². The van der Waals surface area contributed by atoms with Crippen LogP contribution >= 0.6 is 0 Å². The molecule has 1 fully saturated rings. The van der Waals surface area contributed by atoms with Crippen molar-refractivity contribution in [3.05, 3.63) is 35.4 Å². The maximum absolute atomic E-state index is 2.62. The molecule has 1 nitrogen and oxygen atoms in total. The van der Waals surface area contributed by atoms with E-state index in [9.17, 15) is 0 Å². The quantitative estimate of drug-likeness (QED) is 0.681. The van der Waals surface area contributed by atoms with Crippen LogP contribution in [0.2, 0.25) is 0 Å². The van der Waals surface area contributed by atoms with E-state index in [4.69, 9.17) is 0 Å². The molecule has 0 aromatic heterocycles. The van der Waals surface area contributed by atoms with E-state index >= 15 is 0 Å². The largest absolute Gasteiger partial charge is 0.304 e. The second-order valence-corrected chi connectivity index (χ2v) is 6.54. The van der Waals surface area contributed by atoms with Gasteiger partial charge in [0.1, 0.15) is 0 Å². The van der Waals surface area contributed by atoms with Gasteiger partial charge in [-0.15, -0.1) is 0 Å². The highest BCUT2D eigenvalue weighted by atomic mass is 15.1. The third-order valence-corrected chi connectivity index (χ3v) is 5.12. The van der Waals surface area contributed by atoms with Gasteiger partial charge in [-0.2, -0.15) is 0 Å². The van der Waals surface area contributed by atoms with E-state index in [1.807, 2.05) is 0 Å². The summed E-state index contributed by atoms with van der Waals surface area (Å²) in [5, 5.41) is 0. The fourth-order valence-electron chi connectivity index (χ4n) is 3.76. The summed E-state index contributed by atoms with van der Waals surface area (Å²) in [6, 6.07) is 9.35. The SMILES string of the molecule is CCCN(CC)CCC1(c2ccc(C)cc2)CCCC1. The lowest BCUT2D eigenvalue weighted by atomic mass is 9.76. The Labute approximate surface area is 125 Å². The van der Waals surface area contributed by atoms with Crippen LogP contribution < -0.4 is 0 Å². The van der Waals surface area contributed by atoms with E-state index in [-0.39, 0.29) is 0 Å². The Morgan fingerprint density at radius 1 is 1.00 bits per heavy atom. The average molecular weight is 273 g/mol. The molecule has 1 aliphatic rings. The molecule has 112 valence electrons. The monoisotopic (exact) mass is 273 g/mol. The molecule has 1 saturated carbocycles. The highest BCUT2D eigenvalue weighted by Crippen LogP contribution is 2.44. The summed E-state index contributed by atoms with van der Waals surface area (Å²) in [6.45, 7) is 10.5. The minimum atomic E-state index is 0.467. The molecular weight excluding hydrogens is 242 g/mol. The first kappa shape index (κ1) is 15.6. The fourth-order valence-corrected chi connectivity index (χ4v) is 3.76. The lowest BCUT2D eigenvalue weighted by Crippen LogP contribution is -2.32. The predicted octanol–water partition coefficient (Wildman–Crippen LogP) is 4.93. The zero-order valence-corrected chi connectivity index (χ0v) is 13.6. The number of aryl methyl sites for hydroxylation is 1. The Hall–Kier alpha value is -0.820. The van der Waals surface area contributed by atoms with E-state index in [1.165, 1.54) is 63.7 Å². The minimum Gasteiger partial charge on any atom is -0.304 e. The number of hydrogen-bond donors (Lipinski definition) is 0. The maximum Gasteiger partial charge on any atom is -0.00104 e. The predicted molar refractivity (Wildman–Crippen MR) is 88.3 cm³/mol. The maximum atomic E-state index is 2.62. The summed E-state index contributed by atoms with van der Waals surface area (Å²) in [7, 11) is 0. The molecule has 20 heavy (non-hydrogen) atoms. The van der Waals surface area contributed by atoms with Gasteiger partial charge in [0.25, 0.3) is 0 Å². The zero-order chi connectivity index (χ0) is 14.4. The topological polar surface area (TPSA) is 3.24 Å². The molecule has 0 spiro atoms. The summed E-state index contributed by atoms with van der Waals surface area (Å²) >= 11 is 0. The lowest BCUT2D eigenvalue weighted by molar-refractivity contribution is 0.247. The highest BCUT2D eigenvalue weighted by Gasteiger charge is 2.35. The van der Waals surface area contributed by atoms with Crippen LogP contribution in [0.4, 0.5) is 0 Å². The Morgan fingerprint density at radius 2 is 1.65 bits per heavy atom. The van der Waals surface area contributed by atoms with Crippen LogP contribution in [0.1, 0.15) is 63.5 Å². The number of hydrogen-bond acceptors (Lipinski definition) is 1. The van der Waals surface area contributed by atoms with Gasteiger partial charge in [-0.3, -0.25) is 0 Å². The summed E-state index contributed by atoms with van der Waals surface area (Å²) in [5.74, 6) is 0. The van der Waals surface area contributed by atoms with Gasteiger partial charge in [0.15, 0.2) is 0 Å². The van der Waals surface area contributed by atoms with Crippen molar-refractivity contribution in [1.29, 1.82) is 0 Å². The first-order valence-corrected chi connectivity index (χ1v) is 8.49. The van der Waals surface area contributed by atoms with Crippen molar-refractivity contribution in [3.63, 3.8) is 0 Å². The van der Waals surface area contributed by atoms with Crippen LogP contribution in [0, 0.1) is 6.92 Å². The van der Waals surface area contributed by atoms with Crippen molar-refractivity contribution in [2.75, 3.05) is 19.6 Å². The van der Waals surface area contributed by atoms with Crippen LogP contribution in [0.5, 0.6) is 0 Å².